The lowest BCUT2D eigenvalue weighted by Gasteiger charge is -2.23. The van der Waals surface area contributed by atoms with E-state index in [1.807, 2.05) is 6.07 Å². The van der Waals surface area contributed by atoms with E-state index in [9.17, 15) is 9.18 Å². The molecule has 0 saturated carbocycles. The molecule has 2 aromatic rings. The molecule has 1 atom stereocenters. The number of likely N-dealkylation sites (tertiary alicyclic amines) is 1. The van der Waals surface area contributed by atoms with Gasteiger partial charge in [0.1, 0.15) is 0 Å². The van der Waals surface area contributed by atoms with Crippen LogP contribution in [-0.4, -0.2) is 59.7 Å². The summed E-state index contributed by atoms with van der Waals surface area (Å²) in [5.74, 6) is 0.00677. The van der Waals surface area contributed by atoms with Crippen molar-refractivity contribution >= 4 is 5.91 Å². The number of nitrogens with one attached hydrogen (secondary N) is 1. The summed E-state index contributed by atoms with van der Waals surface area (Å²) < 4.78 is 19.0. The van der Waals surface area contributed by atoms with E-state index in [4.69, 9.17) is 4.74 Å². The summed E-state index contributed by atoms with van der Waals surface area (Å²) in [7, 11) is 3.55. The monoisotopic (exact) mass is 360 g/mol. The molecular formula is C19H25FN4O2. The minimum atomic E-state index is -0.357. The number of aromatic nitrogens is 2. The topological polar surface area (TPSA) is 61.5 Å². The molecule has 3 rings (SSSR count). The molecule has 1 N–H and O–H groups in total. The summed E-state index contributed by atoms with van der Waals surface area (Å²) in [4.78, 5) is 15.8. The van der Waals surface area contributed by atoms with Gasteiger partial charge in [-0.3, -0.25) is 14.8 Å². The zero-order valence-electron chi connectivity index (χ0n) is 15.2. The third kappa shape index (κ3) is 4.40. The highest BCUT2D eigenvalue weighted by Gasteiger charge is 2.29. The molecule has 0 unspecified atom stereocenters. The molecule has 0 aliphatic carbocycles. The van der Waals surface area contributed by atoms with Crippen LogP contribution in [0, 0.1) is 5.82 Å². The van der Waals surface area contributed by atoms with Gasteiger partial charge < -0.3 is 9.64 Å². The first-order valence-electron chi connectivity index (χ1n) is 8.90. The van der Waals surface area contributed by atoms with Gasteiger partial charge in [-0.05, 0) is 37.6 Å². The number of nitrogens with zero attached hydrogens (tertiary/aromatic N) is 3. The van der Waals surface area contributed by atoms with Crippen LogP contribution in [0.4, 0.5) is 4.39 Å². The molecular weight excluding hydrogens is 335 g/mol. The molecule has 1 aliphatic heterocycles. The Hall–Kier alpha value is -2.41. The van der Waals surface area contributed by atoms with E-state index in [-0.39, 0.29) is 23.5 Å². The quantitative estimate of drug-likeness (QED) is 0.824. The van der Waals surface area contributed by atoms with Crippen LogP contribution in [0.3, 0.4) is 0 Å². The second kappa shape index (κ2) is 8.31. The Bertz CT molecular complexity index is 747. The van der Waals surface area contributed by atoms with Crippen LogP contribution in [0.15, 0.2) is 30.3 Å². The second-order valence-corrected chi connectivity index (χ2v) is 6.76. The standard InChI is InChI=1S/C19H25FN4O2/c1-23(2)19(25)13-24-10-5-7-17(24)16-12-14(21-22-16)9-11-26-18-8-4-3-6-15(18)20/h3-4,6,8,12,17H,5,7,9-11,13H2,1-2H3,(H,21,22)/t17-/m1/s1. The van der Waals surface area contributed by atoms with Crippen LogP contribution in [0.2, 0.25) is 0 Å². The average Bonchev–Trinajstić information content (AvgIpc) is 3.25. The number of hydrogen-bond donors (Lipinski definition) is 1. The molecule has 2 heterocycles. The first-order valence-corrected chi connectivity index (χ1v) is 8.90. The minimum absolute atomic E-state index is 0.103. The molecule has 0 radical (unpaired) electrons. The number of halogens is 1. The van der Waals surface area contributed by atoms with Gasteiger partial charge in [0.2, 0.25) is 5.91 Å². The maximum Gasteiger partial charge on any atom is 0.236 e. The Morgan fingerprint density at radius 2 is 2.23 bits per heavy atom. The molecule has 0 bridgehead atoms. The van der Waals surface area contributed by atoms with Crippen molar-refractivity contribution in [2.45, 2.75) is 25.3 Å². The number of benzene rings is 1. The van der Waals surface area contributed by atoms with Crippen LogP contribution in [-0.2, 0) is 11.2 Å². The second-order valence-electron chi connectivity index (χ2n) is 6.76. The van der Waals surface area contributed by atoms with E-state index in [0.717, 1.165) is 30.8 Å². The number of carbonyl (C=O) groups excluding carboxylic acids is 1. The van der Waals surface area contributed by atoms with Crippen molar-refractivity contribution in [1.29, 1.82) is 0 Å². The number of H-pyrrole nitrogens is 1. The number of hydrogen-bond acceptors (Lipinski definition) is 4. The van der Waals surface area contributed by atoms with Crippen LogP contribution in [0.25, 0.3) is 0 Å². The fraction of sp³-hybridized carbons (Fsp3) is 0.474. The van der Waals surface area contributed by atoms with Crippen molar-refractivity contribution in [2.75, 3.05) is 33.8 Å². The first kappa shape index (κ1) is 18.4. The number of ether oxygens (including phenoxy) is 1. The maximum atomic E-state index is 13.5. The van der Waals surface area contributed by atoms with Gasteiger partial charge in [0.25, 0.3) is 0 Å². The van der Waals surface area contributed by atoms with Crippen molar-refractivity contribution in [2.24, 2.45) is 0 Å². The maximum absolute atomic E-state index is 13.5. The summed E-state index contributed by atoms with van der Waals surface area (Å²) in [6.07, 6.45) is 2.67. The van der Waals surface area contributed by atoms with E-state index in [1.165, 1.54) is 6.07 Å². The van der Waals surface area contributed by atoms with Crippen molar-refractivity contribution in [3.05, 3.63) is 47.5 Å². The third-order valence-corrected chi connectivity index (χ3v) is 4.66. The van der Waals surface area contributed by atoms with E-state index < -0.39 is 0 Å². The summed E-state index contributed by atoms with van der Waals surface area (Å²) in [6, 6.07) is 8.57. The lowest BCUT2D eigenvalue weighted by molar-refractivity contribution is -0.130. The van der Waals surface area contributed by atoms with Gasteiger partial charge in [-0.25, -0.2) is 4.39 Å². The highest BCUT2D eigenvalue weighted by molar-refractivity contribution is 5.77. The number of para-hydroxylation sites is 1. The number of amides is 1. The predicted octanol–water partition coefficient (Wildman–Crippen LogP) is 2.40. The molecule has 1 aromatic heterocycles. The lowest BCUT2D eigenvalue weighted by Crippen LogP contribution is -2.36. The Balaban J connectivity index is 1.55. The lowest BCUT2D eigenvalue weighted by atomic mass is 10.1. The largest absolute Gasteiger partial charge is 0.490 e. The normalized spacial score (nSPS) is 17.4. The van der Waals surface area contributed by atoms with Crippen LogP contribution < -0.4 is 4.74 Å². The van der Waals surface area contributed by atoms with Crippen LogP contribution >= 0.6 is 0 Å². The number of likely N-dealkylation sites (N-methyl/N-ethyl adjacent to an activating group) is 1. The molecule has 1 fully saturated rings. The van der Waals surface area contributed by atoms with Gasteiger partial charge in [0, 0.05) is 26.2 Å². The van der Waals surface area contributed by atoms with Crippen molar-refractivity contribution < 1.29 is 13.9 Å². The minimum Gasteiger partial charge on any atom is -0.490 e. The average molecular weight is 360 g/mol. The molecule has 140 valence electrons. The van der Waals surface area contributed by atoms with Crippen molar-refractivity contribution in [3.8, 4) is 5.75 Å². The Morgan fingerprint density at radius 3 is 3.00 bits per heavy atom. The van der Waals surface area contributed by atoms with Gasteiger partial charge in [0.05, 0.1) is 24.9 Å². The van der Waals surface area contributed by atoms with Crippen molar-refractivity contribution in [3.63, 3.8) is 0 Å². The van der Waals surface area contributed by atoms with Gasteiger partial charge in [-0.2, -0.15) is 5.10 Å². The Labute approximate surface area is 152 Å². The van der Waals surface area contributed by atoms with E-state index in [2.05, 4.69) is 15.1 Å². The molecule has 0 spiro atoms. The smallest absolute Gasteiger partial charge is 0.236 e. The predicted molar refractivity (Wildman–Crippen MR) is 96.4 cm³/mol. The van der Waals surface area contributed by atoms with Gasteiger partial charge in [-0.1, -0.05) is 12.1 Å². The molecule has 7 heteroatoms. The van der Waals surface area contributed by atoms with Crippen LogP contribution in [0.5, 0.6) is 5.75 Å². The summed E-state index contributed by atoms with van der Waals surface area (Å²) in [6.45, 7) is 1.69. The molecule has 1 aromatic carbocycles. The molecule has 1 saturated heterocycles. The van der Waals surface area contributed by atoms with E-state index in [1.54, 1.807) is 37.2 Å². The Kier molecular flexibility index (Phi) is 5.88. The highest BCUT2D eigenvalue weighted by Crippen LogP contribution is 2.30. The fourth-order valence-corrected chi connectivity index (χ4v) is 3.18. The van der Waals surface area contributed by atoms with Crippen LogP contribution in [0.1, 0.15) is 30.3 Å². The zero-order valence-corrected chi connectivity index (χ0v) is 15.2. The molecule has 1 aliphatic rings. The van der Waals surface area contributed by atoms with Gasteiger partial charge in [-0.15, -0.1) is 0 Å². The SMILES string of the molecule is CN(C)C(=O)CN1CCC[C@@H]1c1cc(CCOc2ccccc2F)[nH]n1. The van der Waals surface area contributed by atoms with E-state index >= 15 is 0 Å². The molecule has 1 amide bonds. The highest BCUT2D eigenvalue weighted by atomic mass is 19.1. The van der Waals surface area contributed by atoms with E-state index in [0.29, 0.717) is 19.6 Å². The third-order valence-electron chi connectivity index (χ3n) is 4.66. The number of rotatable bonds is 7. The molecule has 6 nitrogen and oxygen atoms in total. The zero-order chi connectivity index (χ0) is 18.5. The van der Waals surface area contributed by atoms with Gasteiger partial charge >= 0.3 is 0 Å². The summed E-state index contributed by atoms with van der Waals surface area (Å²) in [5, 5.41) is 7.46. The van der Waals surface area contributed by atoms with Crippen molar-refractivity contribution in [1.82, 2.24) is 20.0 Å². The number of aromatic amines is 1. The number of carbonyl (C=O) groups is 1. The Morgan fingerprint density at radius 1 is 1.42 bits per heavy atom. The summed E-state index contributed by atoms with van der Waals surface area (Å²) in [5.41, 5.74) is 1.90. The molecule has 26 heavy (non-hydrogen) atoms. The fourth-order valence-electron chi connectivity index (χ4n) is 3.18. The first-order chi connectivity index (χ1) is 12.5. The summed E-state index contributed by atoms with van der Waals surface area (Å²) >= 11 is 0. The van der Waals surface area contributed by atoms with Gasteiger partial charge in [0.15, 0.2) is 11.6 Å².